The lowest BCUT2D eigenvalue weighted by atomic mass is 10.2. The molecule has 0 aromatic carbocycles. The molecule has 1 N–H and O–H groups in total. The van der Waals surface area contributed by atoms with E-state index >= 15 is 0 Å². The Hall–Kier alpha value is -1.58. The van der Waals surface area contributed by atoms with Crippen molar-refractivity contribution in [3.63, 3.8) is 0 Å². The number of rotatable bonds is 3. The summed E-state index contributed by atoms with van der Waals surface area (Å²) < 4.78 is 0. The third-order valence-corrected chi connectivity index (χ3v) is 1.83. The standard InChI is InChI=1S/C9H12N3O/c1-12(9(10)13)7-4-8-2-5-11-6-3-8/h2-3,5-6,10H,4,7H2,1H3. The van der Waals surface area contributed by atoms with Gasteiger partial charge in [-0.3, -0.25) is 4.98 Å². The van der Waals surface area contributed by atoms with Crippen LogP contribution in [0.3, 0.4) is 0 Å². The van der Waals surface area contributed by atoms with Gasteiger partial charge in [-0.25, -0.2) is 10.5 Å². The molecule has 2 amide bonds. The second kappa shape index (κ2) is 4.45. The van der Waals surface area contributed by atoms with Crippen LogP contribution in [0.2, 0.25) is 0 Å². The van der Waals surface area contributed by atoms with Crippen LogP contribution in [-0.4, -0.2) is 29.5 Å². The number of likely N-dealkylation sites (N-methyl/N-ethyl adjacent to an activating group) is 1. The summed E-state index contributed by atoms with van der Waals surface area (Å²) in [6.07, 6.45) is 4.21. The van der Waals surface area contributed by atoms with Crippen LogP contribution >= 0.6 is 0 Å². The molecule has 13 heavy (non-hydrogen) atoms. The van der Waals surface area contributed by atoms with Gasteiger partial charge < -0.3 is 4.90 Å². The lowest BCUT2D eigenvalue weighted by Crippen LogP contribution is -2.27. The molecule has 69 valence electrons. The fourth-order valence-electron chi connectivity index (χ4n) is 0.948. The van der Waals surface area contributed by atoms with Crippen molar-refractivity contribution in [2.45, 2.75) is 6.42 Å². The summed E-state index contributed by atoms with van der Waals surface area (Å²) in [6, 6.07) is 3.17. The Morgan fingerprint density at radius 1 is 1.54 bits per heavy atom. The molecule has 0 bridgehead atoms. The highest BCUT2D eigenvalue weighted by atomic mass is 16.2. The van der Waals surface area contributed by atoms with E-state index in [2.05, 4.69) is 4.98 Å². The molecule has 4 nitrogen and oxygen atoms in total. The molecule has 4 heteroatoms. The van der Waals surface area contributed by atoms with Gasteiger partial charge in [-0.05, 0) is 24.1 Å². The zero-order chi connectivity index (χ0) is 9.68. The van der Waals surface area contributed by atoms with Crippen LogP contribution in [-0.2, 0) is 6.42 Å². The molecule has 0 saturated carbocycles. The first-order chi connectivity index (χ1) is 6.20. The van der Waals surface area contributed by atoms with E-state index in [-0.39, 0.29) is 0 Å². The maximum Gasteiger partial charge on any atom is 0.335 e. The number of pyridine rings is 1. The number of aromatic nitrogens is 1. The van der Waals surface area contributed by atoms with E-state index in [9.17, 15) is 4.79 Å². The van der Waals surface area contributed by atoms with Crippen molar-refractivity contribution < 1.29 is 4.79 Å². The van der Waals surface area contributed by atoms with Crippen LogP contribution in [0.5, 0.6) is 0 Å². The van der Waals surface area contributed by atoms with E-state index in [1.54, 1.807) is 19.4 Å². The normalized spacial score (nSPS) is 9.62. The molecule has 0 aliphatic carbocycles. The summed E-state index contributed by atoms with van der Waals surface area (Å²) in [5, 5.41) is 0. The zero-order valence-corrected chi connectivity index (χ0v) is 7.53. The Balaban J connectivity index is 2.39. The van der Waals surface area contributed by atoms with Gasteiger partial charge in [-0.15, -0.1) is 0 Å². The number of carbonyl (C=O) groups excluding carboxylic acids is 1. The summed E-state index contributed by atoms with van der Waals surface area (Å²) in [6.45, 7) is 0.576. The average molecular weight is 178 g/mol. The number of amides is 2. The first kappa shape index (κ1) is 9.51. The van der Waals surface area contributed by atoms with E-state index < -0.39 is 6.03 Å². The van der Waals surface area contributed by atoms with E-state index in [4.69, 9.17) is 5.73 Å². The fourth-order valence-corrected chi connectivity index (χ4v) is 0.948. The minimum atomic E-state index is -0.644. The molecule has 1 heterocycles. The third kappa shape index (κ3) is 3.11. The van der Waals surface area contributed by atoms with Crippen LogP contribution in [0, 0.1) is 0 Å². The first-order valence-electron chi connectivity index (χ1n) is 4.06. The molecule has 0 aliphatic heterocycles. The lowest BCUT2D eigenvalue weighted by Gasteiger charge is -2.12. The van der Waals surface area contributed by atoms with Gasteiger partial charge in [0.05, 0.1) is 0 Å². The highest BCUT2D eigenvalue weighted by Gasteiger charge is 2.02. The van der Waals surface area contributed by atoms with Crippen LogP contribution < -0.4 is 5.73 Å². The monoisotopic (exact) mass is 178 g/mol. The quantitative estimate of drug-likeness (QED) is 0.692. The van der Waals surface area contributed by atoms with E-state index in [1.807, 2.05) is 12.1 Å². The number of nitrogens with one attached hydrogen (secondary N) is 1. The average Bonchev–Trinajstić information content (AvgIpc) is 2.15. The Kier molecular flexibility index (Phi) is 3.25. The maximum absolute atomic E-state index is 10.5. The molecule has 0 fully saturated rings. The summed E-state index contributed by atoms with van der Waals surface area (Å²) in [7, 11) is 1.62. The number of hydrogen-bond acceptors (Lipinski definition) is 2. The molecule has 1 radical (unpaired) electrons. The molecule has 0 atom stereocenters. The topological polar surface area (TPSA) is 57.0 Å². The van der Waals surface area contributed by atoms with Gasteiger partial charge in [0.15, 0.2) is 0 Å². The summed E-state index contributed by atoms with van der Waals surface area (Å²) in [4.78, 5) is 15.8. The number of carbonyl (C=O) groups is 1. The van der Waals surface area contributed by atoms with Gasteiger partial charge in [0.2, 0.25) is 0 Å². The largest absolute Gasteiger partial charge is 0.335 e. The smallest absolute Gasteiger partial charge is 0.326 e. The van der Waals surface area contributed by atoms with E-state index in [0.29, 0.717) is 6.54 Å². The predicted molar refractivity (Wildman–Crippen MR) is 49.1 cm³/mol. The second-order valence-corrected chi connectivity index (χ2v) is 2.83. The second-order valence-electron chi connectivity index (χ2n) is 2.83. The molecule has 1 aromatic rings. The summed E-state index contributed by atoms with van der Waals surface area (Å²) in [5.74, 6) is 0. The van der Waals surface area contributed by atoms with E-state index in [0.717, 1.165) is 12.0 Å². The molecule has 0 unspecified atom stereocenters. The van der Waals surface area contributed by atoms with Gasteiger partial charge in [0.25, 0.3) is 0 Å². The van der Waals surface area contributed by atoms with Gasteiger partial charge in [0.1, 0.15) is 0 Å². The maximum atomic E-state index is 10.5. The molecular formula is C9H12N3O. The van der Waals surface area contributed by atoms with Gasteiger partial charge in [0, 0.05) is 26.0 Å². The van der Waals surface area contributed by atoms with Crippen LogP contribution in [0.1, 0.15) is 5.56 Å². The Morgan fingerprint density at radius 3 is 2.69 bits per heavy atom. The molecule has 1 aromatic heterocycles. The number of hydrogen-bond donors (Lipinski definition) is 0. The Bertz CT molecular complexity index is 273. The number of nitrogens with zero attached hydrogens (tertiary/aromatic N) is 2. The van der Waals surface area contributed by atoms with Crippen molar-refractivity contribution in [3.05, 3.63) is 30.1 Å². The highest BCUT2D eigenvalue weighted by molar-refractivity contribution is 5.70. The first-order valence-corrected chi connectivity index (χ1v) is 4.06. The van der Waals surface area contributed by atoms with Crippen LogP contribution in [0.25, 0.3) is 0 Å². The fraction of sp³-hybridized carbons (Fsp3) is 0.333. The van der Waals surface area contributed by atoms with Gasteiger partial charge in [-0.1, -0.05) is 0 Å². The highest BCUT2D eigenvalue weighted by Crippen LogP contribution is 1.98. The van der Waals surface area contributed by atoms with Gasteiger partial charge in [-0.2, -0.15) is 0 Å². The number of urea groups is 1. The van der Waals surface area contributed by atoms with Crippen molar-refractivity contribution in [1.29, 1.82) is 0 Å². The van der Waals surface area contributed by atoms with Crippen molar-refractivity contribution >= 4 is 6.03 Å². The molecule has 0 saturated heterocycles. The van der Waals surface area contributed by atoms with Crippen molar-refractivity contribution in [1.82, 2.24) is 15.6 Å². The van der Waals surface area contributed by atoms with Crippen molar-refractivity contribution in [3.8, 4) is 0 Å². The van der Waals surface area contributed by atoms with E-state index in [1.165, 1.54) is 4.90 Å². The third-order valence-electron chi connectivity index (χ3n) is 1.83. The summed E-state index contributed by atoms with van der Waals surface area (Å²) >= 11 is 0. The zero-order valence-electron chi connectivity index (χ0n) is 7.53. The minimum absolute atomic E-state index is 0.576. The lowest BCUT2D eigenvalue weighted by molar-refractivity contribution is 0.217. The van der Waals surface area contributed by atoms with Crippen molar-refractivity contribution in [2.24, 2.45) is 0 Å². The predicted octanol–water partition coefficient (Wildman–Crippen LogP) is 0.959. The minimum Gasteiger partial charge on any atom is -0.326 e. The van der Waals surface area contributed by atoms with Crippen LogP contribution in [0.15, 0.2) is 24.5 Å². The van der Waals surface area contributed by atoms with Gasteiger partial charge >= 0.3 is 6.03 Å². The SMILES string of the molecule is CN(CCc1ccncc1)C([NH])=O. The summed E-state index contributed by atoms with van der Waals surface area (Å²) in [5.41, 5.74) is 7.95. The molecule has 0 aliphatic rings. The Morgan fingerprint density at radius 2 is 2.15 bits per heavy atom. The molecule has 0 spiro atoms. The molecule has 1 rings (SSSR count). The Labute approximate surface area is 77.4 Å². The van der Waals surface area contributed by atoms with Crippen molar-refractivity contribution in [2.75, 3.05) is 13.6 Å². The van der Waals surface area contributed by atoms with Crippen LogP contribution in [0.4, 0.5) is 4.79 Å². The molecular weight excluding hydrogens is 166 g/mol.